The first-order valence-corrected chi connectivity index (χ1v) is 10.6. The number of nitrogens with zero attached hydrogens (tertiary/aromatic N) is 1. The van der Waals surface area contributed by atoms with Gasteiger partial charge in [-0.2, -0.15) is 0 Å². The van der Waals surface area contributed by atoms with Crippen LogP contribution >= 0.6 is 0 Å². The molecule has 2 aromatic carbocycles. The summed E-state index contributed by atoms with van der Waals surface area (Å²) >= 11 is 0. The molecule has 0 spiro atoms. The lowest BCUT2D eigenvalue weighted by molar-refractivity contribution is -0.0377. The topological polar surface area (TPSA) is 73.3 Å². The van der Waals surface area contributed by atoms with E-state index in [0.29, 0.717) is 11.1 Å². The number of hydrogen-bond acceptors (Lipinski definition) is 3. The molecule has 0 saturated carbocycles. The molecule has 3 rings (SSSR count). The number of sulfonamides is 1. The molecule has 5 nitrogen and oxygen atoms in total. The highest BCUT2D eigenvalue weighted by Gasteiger charge is 2.49. The fourth-order valence-corrected chi connectivity index (χ4v) is 4.33. The van der Waals surface area contributed by atoms with Gasteiger partial charge in [-0.25, -0.2) is 26.0 Å². The number of likely N-dealkylation sites (tertiary alicyclic amines) is 1. The zero-order chi connectivity index (χ0) is 22.3. The molecule has 0 aromatic heterocycles. The molecular formula is C20H21F4N3O2S. The third-order valence-electron chi connectivity index (χ3n) is 4.96. The molecule has 1 aliphatic rings. The van der Waals surface area contributed by atoms with Crippen molar-refractivity contribution in [1.82, 2.24) is 4.90 Å². The van der Waals surface area contributed by atoms with Gasteiger partial charge in [-0.05, 0) is 43.2 Å². The minimum atomic E-state index is -4.10. The van der Waals surface area contributed by atoms with E-state index in [1.807, 2.05) is 0 Å². The van der Waals surface area contributed by atoms with Gasteiger partial charge in [-0.3, -0.25) is 10.1 Å². The van der Waals surface area contributed by atoms with E-state index < -0.39 is 47.2 Å². The molecule has 10 heteroatoms. The van der Waals surface area contributed by atoms with Gasteiger partial charge in [0.05, 0.1) is 23.7 Å². The lowest BCUT2D eigenvalue weighted by Gasteiger charge is -2.22. The van der Waals surface area contributed by atoms with Gasteiger partial charge in [-0.1, -0.05) is 24.3 Å². The minimum absolute atomic E-state index is 0.00793. The van der Waals surface area contributed by atoms with Gasteiger partial charge in [0, 0.05) is 5.56 Å². The summed E-state index contributed by atoms with van der Waals surface area (Å²) in [6.45, 7) is 1.31. The number of anilines is 1. The Hall–Kier alpha value is -2.62. The van der Waals surface area contributed by atoms with E-state index in [1.165, 1.54) is 37.3 Å². The van der Waals surface area contributed by atoms with Crippen molar-refractivity contribution in [1.29, 1.82) is 5.41 Å². The molecule has 1 aliphatic heterocycles. The quantitative estimate of drug-likeness (QED) is 0.408. The molecule has 0 bridgehead atoms. The molecule has 1 saturated heterocycles. The highest BCUT2D eigenvalue weighted by Crippen LogP contribution is 2.33. The van der Waals surface area contributed by atoms with Crippen LogP contribution in [0.3, 0.4) is 0 Å². The Morgan fingerprint density at radius 3 is 2.40 bits per heavy atom. The second kappa shape index (κ2) is 7.90. The molecule has 2 unspecified atom stereocenters. The second-order valence-corrected chi connectivity index (χ2v) is 8.93. The van der Waals surface area contributed by atoms with E-state index in [9.17, 15) is 26.0 Å². The largest absolute Gasteiger partial charge is 0.347 e. The first kappa shape index (κ1) is 22.1. The Morgan fingerprint density at radius 2 is 1.87 bits per heavy atom. The SMILES string of the molecule is Cc1cccc(NS(=O)(=O)c2ccc(C(C)F)cc2)c1C(=N)N1CC(F)C(F)(F)C1. The van der Waals surface area contributed by atoms with Crippen molar-refractivity contribution in [2.75, 3.05) is 17.8 Å². The van der Waals surface area contributed by atoms with Gasteiger partial charge in [0.1, 0.15) is 12.0 Å². The summed E-state index contributed by atoms with van der Waals surface area (Å²) in [5.74, 6) is -3.98. The van der Waals surface area contributed by atoms with Gasteiger partial charge < -0.3 is 4.90 Å². The van der Waals surface area contributed by atoms with Crippen LogP contribution in [0.2, 0.25) is 0 Å². The van der Waals surface area contributed by atoms with Crippen molar-refractivity contribution in [3.8, 4) is 0 Å². The van der Waals surface area contributed by atoms with E-state index in [4.69, 9.17) is 5.41 Å². The van der Waals surface area contributed by atoms with Crippen LogP contribution in [0.25, 0.3) is 0 Å². The van der Waals surface area contributed by atoms with E-state index in [1.54, 1.807) is 19.1 Å². The molecule has 30 heavy (non-hydrogen) atoms. The Labute approximate surface area is 172 Å². The molecule has 1 heterocycles. The summed E-state index contributed by atoms with van der Waals surface area (Å²) in [6, 6.07) is 9.76. The molecule has 1 fully saturated rings. The summed E-state index contributed by atoms with van der Waals surface area (Å²) < 4.78 is 82.0. The Kier molecular flexibility index (Phi) is 5.81. The molecule has 0 radical (unpaired) electrons. The van der Waals surface area contributed by atoms with Crippen molar-refractivity contribution in [3.63, 3.8) is 0 Å². The summed E-state index contributed by atoms with van der Waals surface area (Å²) in [7, 11) is -4.10. The number of rotatable bonds is 5. The van der Waals surface area contributed by atoms with Crippen molar-refractivity contribution < 1.29 is 26.0 Å². The highest BCUT2D eigenvalue weighted by atomic mass is 32.2. The maximum atomic E-state index is 13.6. The monoisotopic (exact) mass is 443 g/mol. The van der Waals surface area contributed by atoms with Crippen molar-refractivity contribution in [3.05, 3.63) is 59.2 Å². The second-order valence-electron chi connectivity index (χ2n) is 7.25. The Bertz CT molecular complexity index is 1060. The van der Waals surface area contributed by atoms with Gasteiger partial charge in [-0.15, -0.1) is 0 Å². The van der Waals surface area contributed by atoms with Crippen LogP contribution in [0.5, 0.6) is 0 Å². The standard InChI is InChI=1S/C20H21F4N3O2S/c1-12-4-3-5-16(18(12)19(25)27-10-17(22)20(23,24)11-27)26-30(28,29)15-8-6-14(7-9-15)13(2)21/h3-9,13,17,25-26H,10-11H2,1-2H3. The molecule has 2 atom stereocenters. The lowest BCUT2D eigenvalue weighted by atomic mass is 10.1. The number of benzene rings is 2. The fourth-order valence-electron chi connectivity index (χ4n) is 3.26. The van der Waals surface area contributed by atoms with E-state index in [2.05, 4.69) is 4.72 Å². The van der Waals surface area contributed by atoms with Crippen molar-refractivity contribution in [2.24, 2.45) is 0 Å². The van der Waals surface area contributed by atoms with Crippen LogP contribution in [0.15, 0.2) is 47.4 Å². The number of amidine groups is 1. The zero-order valence-corrected chi connectivity index (χ0v) is 17.1. The van der Waals surface area contributed by atoms with Crippen LogP contribution in [0.4, 0.5) is 23.2 Å². The van der Waals surface area contributed by atoms with Gasteiger partial charge >= 0.3 is 0 Å². The van der Waals surface area contributed by atoms with E-state index in [0.717, 1.165) is 4.90 Å². The van der Waals surface area contributed by atoms with Crippen LogP contribution < -0.4 is 4.72 Å². The predicted octanol–water partition coefficient (Wildman–Crippen LogP) is 4.44. The normalized spacial score (nSPS) is 19.5. The number of aryl methyl sites for hydroxylation is 1. The van der Waals surface area contributed by atoms with Gasteiger partial charge in [0.2, 0.25) is 0 Å². The summed E-state index contributed by atoms with van der Waals surface area (Å²) in [6.07, 6.45) is -3.66. The molecule has 2 N–H and O–H groups in total. The zero-order valence-electron chi connectivity index (χ0n) is 16.3. The Balaban J connectivity index is 1.92. The van der Waals surface area contributed by atoms with Crippen molar-refractivity contribution in [2.45, 2.75) is 37.0 Å². The number of alkyl halides is 4. The van der Waals surface area contributed by atoms with Crippen LogP contribution in [0.1, 0.15) is 29.8 Å². The number of nitrogens with one attached hydrogen (secondary N) is 2. The number of hydrogen-bond donors (Lipinski definition) is 2. The third-order valence-corrected chi connectivity index (χ3v) is 6.34. The predicted molar refractivity (Wildman–Crippen MR) is 106 cm³/mol. The number of halogens is 4. The molecular weight excluding hydrogens is 422 g/mol. The average molecular weight is 443 g/mol. The summed E-state index contributed by atoms with van der Waals surface area (Å²) in [5.41, 5.74) is 0.878. The van der Waals surface area contributed by atoms with Crippen molar-refractivity contribution >= 4 is 21.5 Å². The Morgan fingerprint density at radius 1 is 1.23 bits per heavy atom. The van der Waals surface area contributed by atoms with E-state index in [-0.39, 0.29) is 16.1 Å². The van der Waals surface area contributed by atoms with E-state index >= 15 is 0 Å². The maximum absolute atomic E-state index is 13.6. The molecule has 162 valence electrons. The fraction of sp³-hybridized carbons (Fsp3) is 0.350. The average Bonchev–Trinajstić information content (AvgIpc) is 2.94. The van der Waals surface area contributed by atoms with Crippen LogP contribution in [-0.4, -0.2) is 44.3 Å². The lowest BCUT2D eigenvalue weighted by Crippen LogP contribution is -2.33. The molecule has 2 aromatic rings. The first-order chi connectivity index (χ1) is 13.9. The third kappa shape index (κ3) is 4.28. The summed E-state index contributed by atoms with van der Waals surface area (Å²) in [4.78, 5) is 0.768. The summed E-state index contributed by atoms with van der Waals surface area (Å²) in [5, 5.41) is 8.31. The highest BCUT2D eigenvalue weighted by molar-refractivity contribution is 7.92. The minimum Gasteiger partial charge on any atom is -0.347 e. The first-order valence-electron chi connectivity index (χ1n) is 9.14. The maximum Gasteiger partial charge on any atom is 0.297 e. The molecule has 0 amide bonds. The smallest absolute Gasteiger partial charge is 0.297 e. The van der Waals surface area contributed by atoms with Gasteiger partial charge in [0.15, 0.2) is 6.17 Å². The van der Waals surface area contributed by atoms with Crippen LogP contribution in [-0.2, 0) is 10.0 Å². The van der Waals surface area contributed by atoms with Crippen LogP contribution in [0, 0.1) is 12.3 Å². The van der Waals surface area contributed by atoms with Gasteiger partial charge in [0.25, 0.3) is 15.9 Å². The molecule has 0 aliphatic carbocycles.